The van der Waals surface area contributed by atoms with Gasteiger partial charge in [-0.2, -0.15) is 0 Å². The second-order valence-electron chi connectivity index (χ2n) is 3.90. The summed E-state index contributed by atoms with van der Waals surface area (Å²) in [5.74, 6) is 1.21. The standard InChI is InChI=1S/C12H9Br2N3O/c1-6-7(13)2-3-9-16-10(12(15)17(6)9)11-8(14)4-5-18-11/h2-5H,15H2,1H3. The Bertz CT molecular complexity index is 745. The van der Waals surface area contributed by atoms with Gasteiger partial charge in [-0.05, 0) is 57.0 Å². The summed E-state index contributed by atoms with van der Waals surface area (Å²) in [6.07, 6.45) is 1.60. The molecule has 0 amide bonds. The number of nitrogen functional groups attached to an aromatic ring is 1. The maximum atomic E-state index is 6.17. The Hall–Kier alpha value is -1.27. The SMILES string of the molecule is Cc1c(Br)ccc2nc(-c3occc3Br)c(N)n12. The molecule has 18 heavy (non-hydrogen) atoms. The number of pyridine rings is 1. The minimum atomic E-state index is 0.569. The molecule has 4 nitrogen and oxygen atoms in total. The number of hydrogen-bond donors (Lipinski definition) is 1. The number of anilines is 1. The summed E-state index contributed by atoms with van der Waals surface area (Å²) in [6.45, 7) is 1.98. The fraction of sp³-hybridized carbons (Fsp3) is 0.0833. The maximum absolute atomic E-state index is 6.17. The van der Waals surface area contributed by atoms with E-state index in [0.717, 1.165) is 20.3 Å². The van der Waals surface area contributed by atoms with Gasteiger partial charge in [-0.15, -0.1) is 0 Å². The average Bonchev–Trinajstić information content (AvgIpc) is 2.89. The zero-order valence-electron chi connectivity index (χ0n) is 9.45. The molecular formula is C12H9Br2N3O. The van der Waals surface area contributed by atoms with Crippen molar-refractivity contribution in [3.63, 3.8) is 0 Å². The van der Waals surface area contributed by atoms with Crippen LogP contribution in [0, 0.1) is 6.92 Å². The molecule has 0 saturated carbocycles. The molecule has 3 rings (SSSR count). The molecule has 0 saturated heterocycles. The third kappa shape index (κ3) is 1.59. The van der Waals surface area contributed by atoms with Crippen molar-refractivity contribution in [2.24, 2.45) is 0 Å². The highest BCUT2D eigenvalue weighted by Gasteiger charge is 2.18. The summed E-state index contributed by atoms with van der Waals surface area (Å²) in [7, 11) is 0. The van der Waals surface area contributed by atoms with Crippen LogP contribution >= 0.6 is 31.9 Å². The number of imidazole rings is 1. The third-order valence-electron chi connectivity index (χ3n) is 2.83. The molecule has 0 bridgehead atoms. The van der Waals surface area contributed by atoms with Gasteiger partial charge < -0.3 is 10.2 Å². The van der Waals surface area contributed by atoms with Crippen LogP contribution in [-0.4, -0.2) is 9.38 Å². The number of aryl methyl sites for hydroxylation is 1. The highest BCUT2D eigenvalue weighted by molar-refractivity contribution is 9.10. The summed E-state index contributed by atoms with van der Waals surface area (Å²) >= 11 is 6.91. The van der Waals surface area contributed by atoms with Crippen LogP contribution in [0.1, 0.15) is 5.69 Å². The molecule has 0 aliphatic heterocycles. The van der Waals surface area contributed by atoms with Gasteiger partial charge in [0.2, 0.25) is 0 Å². The lowest BCUT2D eigenvalue weighted by Crippen LogP contribution is -1.98. The van der Waals surface area contributed by atoms with Crippen molar-refractivity contribution in [1.29, 1.82) is 0 Å². The summed E-state index contributed by atoms with van der Waals surface area (Å²) in [4.78, 5) is 4.51. The Morgan fingerprint density at radius 3 is 2.67 bits per heavy atom. The van der Waals surface area contributed by atoms with Gasteiger partial charge in [-0.25, -0.2) is 4.98 Å². The summed E-state index contributed by atoms with van der Waals surface area (Å²) in [5.41, 5.74) is 8.62. The van der Waals surface area contributed by atoms with Gasteiger partial charge in [0.25, 0.3) is 0 Å². The molecule has 3 heterocycles. The van der Waals surface area contributed by atoms with E-state index in [-0.39, 0.29) is 0 Å². The van der Waals surface area contributed by atoms with Gasteiger partial charge in [0.05, 0.1) is 10.7 Å². The monoisotopic (exact) mass is 369 g/mol. The van der Waals surface area contributed by atoms with E-state index in [1.54, 1.807) is 6.26 Å². The Kier molecular flexibility index (Phi) is 2.71. The molecule has 2 N–H and O–H groups in total. The van der Waals surface area contributed by atoms with E-state index in [4.69, 9.17) is 10.2 Å². The van der Waals surface area contributed by atoms with Gasteiger partial charge >= 0.3 is 0 Å². The molecule has 0 spiro atoms. The normalized spacial score (nSPS) is 11.3. The Morgan fingerprint density at radius 2 is 2.00 bits per heavy atom. The number of halogens is 2. The molecule has 0 atom stereocenters. The van der Waals surface area contributed by atoms with Crippen molar-refractivity contribution >= 4 is 43.3 Å². The predicted octanol–water partition coefficient (Wildman–Crippen LogP) is 4.01. The van der Waals surface area contributed by atoms with Crippen LogP contribution in [0.2, 0.25) is 0 Å². The minimum Gasteiger partial charge on any atom is -0.461 e. The van der Waals surface area contributed by atoms with Crippen molar-refractivity contribution in [3.05, 3.63) is 39.1 Å². The molecule has 0 radical (unpaired) electrons. The van der Waals surface area contributed by atoms with E-state index in [2.05, 4.69) is 36.8 Å². The topological polar surface area (TPSA) is 56.5 Å². The highest BCUT2D eigenvalue weighted by Crippen LogP contribution is 2.34. The molecule has 0 unspecified atom stereocenters. The molecule has 92 valence electrons. The van der Waals surface area contributed by atoms with E-state index >= 15 is 0 Å². The third-order valence-corrected chi connectivity index (χ3v) is 4.29. The number of nitrogens with two attached hydrogens (primary N) is 1. The van der Waals surface area contributed by atoms with Crippen molar-refractivity contribution < 1.29 is 4.42 Å². The lowest BCUT2D eigenvalue weighted by Gasteiger charge is -2.04. The first-order valence-electron chi connectivity index (χ1n) is 5.26. The zero-order valence-corrected chi connectivity index (χ0v) is 12.6. The fourth-order valence-electron chi connectivity index (χ4n) is 1.92. The molecule has 3 aromatic heterocycles. The van der Waals surface area contributed by atoms with E-state index in [0.29, 0.717) is 17.3 Å². The second-order valence-corrected chi connectivity index (χ2v) is 5.61. The summed E-state index contributed by atoms with van der Waals surface area (Å²) in [5, 5.41) is 0. The summed E-state index contributed by atoms with van der Waals surface area (Å²) < 4.78 is 9.15. The van der Waals surface area contributed by atoms with Crippen LogP contribution in [0.4, 0.5) is 5.82 Å². The number of aromatic nitrogens is 2. The lowest BCUT2D eigenvalue weighted by atomic mass is 10.3. The van der Waals surface area contributed by atoms with Gasteiger partial charge in [-0.1, -0.05) is 0 Å². The van der Waals surface area contributed by atoms with Crippen LogP contribution < -0.4 is 5.73 Å². The highest BCUT2D eigenvalue weighted by atomic mass is 79.9. The quantitative estimate of drug-likeness (QED) is 0.704. The van der Waals surface area contributed by atoms with Crippen LogP contribution in [0.3, 0.4) is 0 Å². The van der Waals surface area contributed by atoms with Crippen molar-refractivity contribution in [2.45, 2.75) is 6.92 Å². The molecule has 0 aliphatic rings. The fourth-order valence-corrected chi connectivity index (χ4v) is 2.62. The number of nitrogens with zero attached hydrogens (tertiary/aromatic N) is 2. The van der Waals surface area contributed by atoms with Crippen LogP contribution in [0.5, 0.6) is 0 Å². The first kappa shape index (κ1) is 11.8. The zero-order chi connectivity index (χ0) is 12.9. The first-order chi connectivity index (χ1) is 8.59. The minimum absolute atomic E-state index is 0.569. The molecule has 0 aromatic carbocycles. The van der Waals surface area contributed by atoms with Gasteiger partial charge in [0, 0.05) is 10.2 Å². The number of fused-ring (bicyclic) bond motifs is 1. The van der Waals surface area contributed by atoms with Crippen molar-refractivity contribution in [3.8, 4) is 11.5 Å². The molecule has 0 aliphatic carbocycles. The summed E-state index contributed by atoms with van der Waals surface area (Å²) in [6, 6.07) is 5.69. The molecule has 6 heteroatoms. The lowest BCUT2D eigenvalue weighted by molar-refractivity contribution is 0.579. The van der Waals surface area contributed by atoms with Gasteiger partial charge in [0.15, 0.2) is 5.76 Å². The van der Waals surface area contributed by atoms with Crippen LogP contribution in [0.15, 0.2) is 37.8 Å². The number of furan rings is 1. The van der Waals surface area contributed by atoms with Gasteiger partial charge in [0.1, 0.15) is 17.2 Å². The van der Waals surface area contributed by atoms with Crippen molar-refractivity contribution in [2.75, 3.05) is 5.73 Å². The maximum Gasteiger partial charge on any atom is 0.170 e. The average molecular weight is 371 g/mol. The second kappa shape index (κ2) is 4.13. The van der Waals surface area contributed by atoms with E-state index in [1.165, 1.54) is 0 Å². The molecule has 3 aromatic rings. The number of rotatable bonds is 1. The predicted molar refractivity (Wildman–Crippen MR) is 77.4 cm³/mol. The first-order valence-corrected chi connectivity index (χ1v) is 6.84. The largest absolute Gasteiger partial charge is 0.461 e. The van der Waals surface area contributed by atoms with E-state index in [1.807, 2.05) is 29.5 Å². The van der Waals surface area contributed by atoms with E-state index < -0.39 is 0 Å². The van der Waals surface area contributed by atoms with E-state index in [9.17, 15) is 0 Å². The van der Waals surface area contributed by atoms with Crippen LogP contribution in [0.25, 0.3) is 17.1 Å². The Labute approximate surface area is 120 Å². The Balaban J connectivity index is 2.37. The molecule has 0 fully saturated rings. The number of hydrogen-bond acceptors (Lipinski definition) is 3. The smallest absolute Gasteiger partial charge is 0.170 e. The molecular weight excluding hydrogens is 362 g/mol. The van der Waals surface area contributed by atoms with Crippen LogP contribution in [-0.2, 0) is 0 Å². The van der Waals surface area contributed by atoms with Gasteiger partial charge in [-0.3, -0.25) is 4.40 Å². The Morgan fingerprint density at radius 1 is 1.22 bits per heavy atom. The van der Waals surface area contributed by atoms with Crippen molar-refractivity contribution in [1.82, 2.24) is 9.38 Å².